The fraction of sp³-hybridized carbons (Fsp3) is 0.417. The Balaban J connectivity index is 3.09. The second-order valence-electron chi connectivity index (χ2n) is 3.85. The van der Waals surface area contributed by atoms with Gasteiger partial charge in [-0.3, -0.25) is 14.9 Å². The quantitative estimate of drug-likeness (QED) is 0.459. The second-order valence-corrected chi connectivity index (χ2v) is 4.22. The van der Waals surface area contributed by atoms with Crippen LogP contribution in [-0.4, -0.2) is 34.7 Å². The molecule has 0 aliphatic carbocycles. The lowest BCUT2D eigenvalue weighted by atomic mass is 10.1. The maximum atomic E-state index is 13.2. The zero-order chi connectivity index (χ0) is 14.4. The highest BCUT2D eigenvalue weighted by molar-refractivity contribution is 6.17. The number of carbonyl (C=O) groups excluding carboxylic acids is 1. The minimum absolute atomic E-state index is 0.235. The van der Waals surface area contributed by atoms with Crippen molar-refractivity contribution in [3.8, 4) is 0 Å². The van der Waals surface area contributed by atoms with Crippen LogP contribution in [0.25, 0.3) is 0 Å². The Morgan fingerprint density at radius 3 is 2.74 bits per heavy atom. The van der Waals surface area contributed by atoms with E-state index in [1.54, 1.807) is 6.92 Å². The molecule has 1 rings (SSSR count). The molecule has 0 aromatic heterocycles. The summed E-state index contributed by atoms with van der Waals surface area (Å²) in [6, 6.07) is 2.85. The van der Waals surface area contributed by atoms with Gasteiger partial charge in [0, 0.05) is 25.0 Å². The van der Waals surface area contributed by atoms with Crippen molar-refractivity contribution < 1.29 is 14.1 Å². The van der Waals surface area contributed by atoms with E-state index >= 15 is 0 Å². The van der Waals surface area contributed by atoms with Gasteiger partial charge in [0.15, 0.2) is 0 Å². The van der Waals surface area contributed by atoms with Crippen LogP contribution in [0.2, 0.25) is 0 Å². The molecule has 0 spiro atoms. The maximum absolute atomic E-state index is 13.2. The van der Waals surface area contributed by atoms with Crippen molar-refractivity contribution in [2.24, 2.45) is 0 Å². The lowest BCUT2D eigenvalue weighted by molar-refractivity contribution is -0.385. The number of benzene rings is 1. The van der Waals surface area contributed by atoms with Crippen molar-refractivity contribution in [3.05, 3.63) is 39.7 Å². The summed E-state index contributed by atoms with van der Waals surface area (Å²) in [4.78, 5) is 23.7. The summed E-state index contributed by atoms with van der Waals surface area (Å²) in [5, 5.41) is 10.9. The van der Waals surface area contributed by atoms with E-state index in [0.717, 1.165) is 18.2 Å². The van der Waals surface area contributed by atoms with Crippen LogP contribution in [0, 0.1) is 15.9 Å². The van der Waals surface area contributed by atoms with Crippen LogP contribution in [0.15, 0.2) is 18.2 Å². The molecule has 0 saturated heterocycles. The molecule has 5 nitrogen and oxygen atoms in total. The molecule has 1 amide bonds. The summed E-state index contributed by atoms with van der Waals surface area (Å²) in [6.45, 7) is 2.51. The molecular weight excluding hydrogens is 275 g/mol. The summed E-state index contributed by atoms with van der Waals surface area (Å²) >= 11 is 5.55. The smallest absolute Gasteiger partial charge is 0.282 e. The van der Waals surface area contributed by atoms with Crippen LogP contribution in [0.5, 0.6) is 0 Å². The maximum Gasteiger partial charge on any atom is 0.282 e. The lowest BCUT2D eigenvalue weighted by Crippen LogP contribution is -2.32. The fourth-order valence-electron chi connectivity index (χ4n) is 1.66. The number of nitrogens with zero attached hydrogens (tertiary/aromatic N) is 2. The van der Waals surface area contributed by atoms with Crippen LogP contribution in [0.3, 0.4) is 0 Å². The first-order valence-corrected chi connectivity index (χ1v) is 6.33. The Morgan fingerprint density at radius 1 is 1.53 bits per heavy atom. The molecule has 0 radical (unpaired) electrons. The van der Waals surface area contributed by atoms with Gasteiger partial charge in [-0.15, -0.1) is 11.6 Å². The van der Waals surface area contributed by atoms with Gasteiger partial charge in [0.05, 0.1) is 4.92 Å². The molecule has 0 bridgehead atoms. The fourth-order valence-corrected chi connectivity index (χ4v) is 1.78. The van der Waals surface area contributed by atoms with Gasteiger partial charge in [0.25, 0.3) is 11.6 Å². The third kappa shape index (κ3) is 3.89. The van der Waals surface area contributed by atoms with Gasteiger partial charge in [-0.25, -0.2) is 4.39 Å². The predicted molar refractivity (Wildman–Crippen MR) is 70.0 cm³/mol. The van der Waals surface area contributed by atoms with Crippen LogP contribution < -0.4 is 0 Å². The van der Waals surface area contributed by atoms with Crippen molar-refractivity contribution in [2.75, 3.05) is 19.0 Å². The molecule has 104 valence electrons. The minimum atomic E-state index is -0.692. The normalized spacial score (nSPS) is 10.3. The predicted octanol–water partition coefficient (Wildman–Crippen LogP) is 2.82. The summed E-state index contributed by atoms with van der Waals surface area (Å²) in [6.07, 6.45) is 0.574. The van der Waals surface area contributed by atoms with Crippen molar-refractivity contribution in [1.82, 2.24) is 4.90 Å². The van der Waals surface area contributed by atoms with Crippen molar-refractivity contribution in [3.63, 3.8) is 0 Å². The van der Waals surface area contributed by atoms with Gasteiger partial charge in [-0.2, -0.15) is 0 Å². The highest BCUT2D eigenvalue weighted by atomic mass is 35.5. The summed E-state index contributed by atoms with van der Waals surface area (Å²) < 4.78 is 13.2. The number of nitro benzene ring substituents is 1. The molecule has 0 unspecified atom stereocenters. The van der Waals surface area contributed by atoms with Crippen molar-refractivity contribution >= 4 is 23.2 Å². The SMILES string of the molecule is CCN(CCCCl)C(=O)c1cc(F)ccc1[N+](=O)[O-]. The zero-order valence-corrected chi connectivity index (χ0v) is 11.2. The molecule has 0 N–H and O–H groups in total. The molecule has 1 aromatic rings. The van der Waals surface area contributed by atoms with Crippen LogP contribution >= 0.6 is 11.6 Å². The van der Waals surface area contributed by atoms with E-state index in [-0.39, 0.29) is 5.56 Å². The molecule has 1 aromatic carbocycles. The monoisotopic (exact) mass is 288 g/mol. The van der Waals surface area contributed by atoms with Gasteiger partial charge in [-0.1, -0.05) is 0 Å². The van der Waals surface area contributed by atoms with E-state index in [0.29, 0.717) is 25.4 Å². The van der Waals surface area contributed by atoms with Crippen LogP contribution in [-0.2, 0) is 0 Å². The summed E-state index contributed by atoms with van der Waals surface area (Å²) in [5.41, 5.74) is -0.628. The Hall–Kier alpha value is -1.69. The number of hydrogen-bond acceptors (Lipinski definition) is 3. The van der Waals surface area contributed by atoms with Crippen LogP contribution in [0.1, 0.15) is 23.7 Å². The zero-order valence-electron chi connectivity index (χ0n) is 10.4. The number of nitro groups is 1. The number of alkyl halides is 1. The Bertz CT molecular complexity index is 482. The third-order valence-electron chi connectivity index (χ3n) is 2.62. The van der Waals surface area contributed by atoms with Crippen LogP contribution in [0.4, 0.5) is 10.1 Å². The molecular formula is C12H14ClFN2O3. The standard InChI is InChI=1S/C12H14ClFN2O3/c1-2-15(7-3-6-13)12(17)10-8-9(14)4-5-11(10)16(18)19/h4-5,8H,2-3,6-7H2,1H3. The first-order valence-electron chi connectivity index (χ1n) is 5.80. The van der Waals surface area contributed by atoms with Gasteiger partial charge in [0.2, 0.25) is 0 Å². The van der Waals surface area contributed by atoms with E-state index in [2.05, 4.69) is 0 Å². The molecule has 0 aliphatic heterocycles. The van der Waals surface area contributed by atoms with Gasteiger partial charge >= 0.3 is 0 Å². The van der Waals surface area contributed by atoms with Crippen molar-refractivity contribution in [1.29, 1.82) is 0 Å². The third-order valence-corrected chi connectivity index (χ3v) is 2.88. The first kappa shape index (κ1) is 15.4. The molecule has 0 fully saturated rings. The second kappa shape index (κ2) is 7.04. The largest absolute Gasteiger partial charge is 0.339 e. The molecule has 0 aliphatic rings. The summed E-state index contributed by atoms with van der Waals surface area (Å²) in [5.74, 6) is -0.851. The average molecular weight is 289 g/mol. The van der Waals surface area contributed by atoms with E-state index < -0.39 is 22.3 Å². The molecule has 19 heavy (non-hydrogen) atoms. The summed E-state index contributed by atoms with van der Waals surface area (Å²) in [7, 11) is 0. The van der Waals surface area contributed by atoms with Crippen molar-refractivity contribution in [2.45, 2.75) is 13.3 Å². The van der Waals surface area contributed by atoms with Gasteiger partial charge in [0.1, 0.15) is 11.4 Å². The lowest BCUT2D eigenvalue weighted by Gasteiger charge is -2.20. The highest BCUT2D eigenvalue weighted by Crippen LogP contribution is 2.21. The highest BCUT2D eigenvalue weighted by Gasteiger charge is 2.24. The Morgan fingerprint density at radius 2 is 2.21 bits per heavy atom. The van der Waals surface area contributed by atoms with Gasteiger partial charge < -0.3 is 4.90 Å². The molecule has 0 atom stereocenters. The molecule has 7 heteroatoms. The van der Waals surface area contributed by atoms with E-state index in [4.69, 9.17) is 11.6 Å². The first-order chi connectivity index (χ1) is 9.01. The Kier molecular flexibility index (Phi) is 5.69. The minimum Gasteiger partial charge on any atom is -0.339 e. The molecule has 0 saturated carbocycles. The van der Waals surface area contributed by atoms with E-state index in [1.165, 1.54) is 4.90 Å². The number of carbonyl (C=O) groups is 1. The average Bonchev–Trinajstić information content (AvgIpc) is 2.38. The molecule has 0 heterocycles. The van der Waals surface area contributed by atoms with Gasteiger partial charge in [-0.05, 0) is 25.5 Å². The number of halogens is 2. The van der Waals surface area contributed by atoms with E-state index in [1.807, 2.05) is 0 Å². The number of amides is 1. The topological polar surface area (TPSA) is 63.5 Å². The number of rotatable bonds is 6. The van der Waals surface area contributed by atoms with E-state index in [9.17, 15) is 19.3 Å². The number of hydrogen-bond donors (Lipinski definition) is 0. The Labute approximate surface area is 115 Å².